The van der Waals surface area contributed by atoms with Crippen LogP contribution in [0.1, 0.15) is 34.8 Å². The highest BCUT2D eigenvalue weighted by Crippen LogP contribution is 2.32. The lowest BCUT2D eigenvalue weighted by molar-refractivity contribution is -0.147. The normalized spacial score (nSPS) is 16.8. The molecule has 1 fully saturated rings. The van der Waals surface area contributed by atoms with E-state index in [1.807, 2.05) is 60.8 Å². The van der Waals surface area contributed by atoms with Crippen molar-refractivity contribution in [3.05, 3.63) is 71.9 Å². The van der Waals surface area contributed by atoms with E-state index in [4.69, 9.17) is 4.74 Å². The van der Waals surface area contributed by atoms with Crippen molar-refractivity contribution >= 4 is 22.7 Å². The zero-order chi connectivity index (χ0) is 19.5. The molecule has 1 aliphatic heterocycles. The van der Waals surface area contributed by atoms with E-state index in [0.29, 0.717) is 31.5 Å². The molecule has 2 heterocycles. The number of ketones is 1. The van der Waals surface area contributed by atoms with Crippen molar-refractivity contribution in [3.8, 4) is 0 Å². The van der Waals surface area contributed by atoms with E-state index in [9.17, 15) is 9.59 Å². The third kappa shape index (κ3) is 3.45. The number of piperidine rings is 1. The van der Waals surface area contributed by atoms with Gasteiger partial charge in [0.1, 0.15) is 0 Å². The van der Waals surface area contributed by atoms with Crippen molar-refractivity contribution in [1.29, 1.82) is 0 Å². The zero-order valence-electron chi connectivity index (χ0n) is 15.9. The van der Waals surface area contributed by atoms with Crippen LogP contribution in [0.5, 0.6) is 0 Å². The number of carbonyl (C=O) groups excluding carboxylic acids is 2. The van der Waals surface area contributed by atoms with Crippen LogP contribution in [-0.2, 0) is 9.53 Å². The van der Waals surface area contributed by atoms with Gasteiger partial charge in [-0.2, -0.15) is 0 Å². The number of para-hydroxylation sites is 1. The Kier molecular flexibility index (Phi) is 5.26. The molecule has 5 nitrogen and oxygen atoms in total. The summed E-state index contributed by atoms with van der Waals surface area (Å²) in [4.78, 5) is 30.9. The monoisotopic (exact) mass is 376 g/mol. The minimum Gasteiger partial charge on any atom is -0.469 e. The highest BCUT2D eigenvalue weighted by Gasteiger charge is 2.34. The van der Waals surface area contributed by atoms with Gasteiger partial charge in [-0.15, -0.1) is 0 Å². The number of esters is 1. The second-order valence-corrected chi connectivity index (χ2v) is 7.26. The molecule has 0 amide bonds. The number of nitrogens with zero attached hydrogens (tertiary/aromatic N) is 1. The number of nitrogens with one attached hydrogen (secondary N) is 1. The molecule has 4 rings (SSSR count). The Morgan fingerprint density at radius 3 is 2.43 bits per heavy atom. The molecule has 1 saturated heterocycles. The quantitative estimate of drug-likeness (QED) is 0.540. The Balaban J connectivity index is 1.65. The first-order valence-corrected chi connectivity index (χ1v) is 9.66. The van der Waals surface area contributed by atoms with Crippen molar-refractivity contribution in [2.24, 2.45) is 5.92 Å². The number of carbonyl (C=O) groups is 2. The number of aromatic amines is 1. The van der Waals surface area contributed by atoms with Crippen LogP contribution in [0.25, 0.3) is 10.9 Å². The van der Waals surface area contributed by atoms with E-state index in [-0.39, 0.29) is 23.7 Å². The van der Waals surface area contributed by atoms with Gasteiger partial charge in [0.05, 0.1) is 19.1 Å². The molecule has 0 spiro atoms. The molecule has 1 atom stereocenters. The van der Waals surface area contributed by atoms with Gasteiger partial charge < -0.3 is 9.72 Å². The first-order chi connectivity index (χ1) is 13.7. The number of Topliss-reactive ketones (excluding diaryl/α,β-unsaturated/α-hetero) is 1. The lowest BCUT2D eigenvalue weighted by Gasteiger charge is -2.36. The highest BCUT2D eigenvalue weighted by molar-refractivity contribution is 6.10. The number of hydrogen-bond donors (Lipinski definition) is 1. The van der Waals surface area contributed by atoms with Crippen LogP contribution in [0.4, 0.5) is 0 Å². The third-order valence-electron chi connectivity index (χ3n) is 5.65. The molecule has 28 heavy (non-hydrogen) atoms. The smallest absolute Gasteiger partial charge is 0.308 e. The van der Waals surface area contributed by atoms with Crippen LogP contribution in [0.15, 0.2) is 60.8 Å². The van der Waals surface area contributed by atoms with E-state index < -0.39 is 0 Å². The molecule has 3 aromatic rings. The second-order valence-electron chi connectivity index (χ2n) is 7.26. The lowest BCUT2D eigenvalue weighted by Crippen LogP contribution is -2.41. The van der Waals surface area contributed by atoms with Crippen LogP contribution in [0.3, 0.4) is 0 Å². The molecule has 1 aromatic heterocycles. The number of ether oxygens (including phenoxy) is 1. The van der Waals surface area contributed by atoms with Crippen LogP contribution in [-0.4, -0.2) is 41.8 Å². The van der Waals surface area contributed by atoms with Gasteiger partial charge in [0.25, 0.3) is 0 Å². The van der Waals surface area contributed by atoms with E-state index in [1.165, 1.54) is 7.11 Å². The Morgan fingerprint density at radius 2 is 1.71 bits per heavy atom. The van der Waals surface area contributed by atoms with Gasteiger partial charge in [-0.05, 0) is 24.5 Å². The summed E-state index contributed by atoms with van der Waals surface area (Å²) in [6.45, 7) is 1.38. The number of hydrogen-bond acceptors (Lipinski definition) is 4. The summed E-state index contributed by atoms with van der Waals surface area (Å²) in [6, 6.07) is 17.4. The topological polar surface area (TPSA) is 62.4 Å². The number of rotatable bonds is 5. The van der Waals surface area contributed by atoms with Crippen LogP contribution in [0, 0.1) is 5.92 Å². The first kappa shape index (κ1) is 18.4. The largest absolute Gasteiger partial charge is 0.469 e. The Labute approximate surface area is 164 Å². The maximum absolute atomic E-state index is 13.6. The summed E-state index contributed by atoms with van der Waals surface area (Å²) < 4.78 is 4.90. The summed E-state index contributed by atoms with van der Waals surface area (Å²) in [5.74, 6) is -0.153. The summed E-state index contributed by atoms with van der Waals surface area (Å²) in [5.41, 5.74) is 2.65. The maximum Gasteiger partial charge on any atom is 0.308 e. The third-order valence-corrected chi connectivity index (χ3v) is 5.65. The summed E-state index contributed by atoms with van der Waals surface area (Å²) >= 11 is 0. The number of aromatic nitrogens is 1. The van der Waals surface area contributed by atoms with E-state index in [0.717, 1.165) is 16.5 Å². The minimum absolute atomic E-state index is 0.0825. The van der Waals surface area contributed by atoms with Gasteiger partial charge in [-0.25, -0.2) is 0 Å². The second kappa shape index (κ2) is 7.98. The molecule has 1 N–H and O–H groups in total. The highest BCUT2D eigenvalue weighted by atomic mass is 16.5. The predicted octanol–water partition coefficient (Wildman–Crippen LogP) is 3.98. The summed E-state index contributed by atoms with van der Waals surface area (Å²) in [7, 11) is 1.43. The fourth-order valence-electron chi connectivity index (χ4n) is 4.15. The van der Waals surface area contributed by atoms with Crippen molar-refractivity contribution < 1.29 is 14.3 Å². The summed E-state index contributed by atoms with van der Waals surface area (Å²) in [6.07, 6.45) is 3.22. The number of H-pyrrole nitrogens is 1. The molecular formula is C23H24N2O3. The zero-order valence-corrected chi connectivity index (χ0v) is 15.9. The van der Waals surface area contributed by atoms with Gasteiger partial charge in [0, 0.05) is 35.8 Å². The van der Waals surface area contributed by atoms with Crippen LogP contribution >= 0.6 is 0 Å². The average Bonchev–Trinajstić information content (AvgIpc) is 3.19. The lowest BCUT2D eigenvalue weighted by atomic mass is 9.91. The number of fused-ring (bicyclic) bond motifs is 1. The van der Waals surface area contributed by atoms with Crippen molar-refractivity contribution in [2.45, 2.75) is 18.9 Å². The fraction of sp³-hybridized carbons (Fsp3) is 0.304. The van der Waals surface area contributed by atoms with Gasteiger partial charge in [-0.1, -0.05) is 48.5 Å². The van der Waals surface area contributed by atoms with Crippen LogP contribution in [0.2, 0.25) is 0 Å². The van der Waals surface area contributed by atoms with Crippen molar-refractivity contribution in [2.75, 3.05) is 20.2 Å². The molecule has 144 valence electrons. The Hall–Kier alpha value is -2.92. The fourth-order valence-corrected chi connectivity index (χ4v) is 4.15. The van der Waals surface area contributed by atoms with E-state index in [1.54, 1.807) is 0 Å². The number of likely N-dealkylation sites (tertiary alicyclic amines) is 1. The van der Waals surface area contributed by atoms with Crippen molar-refractivity contribution in [3.63, 3.8) is 0 Å². The van der Waals surface area contributed by atoms with Crippen molar-refractivity contribution in [1.82, 2.24) is 9.88 Å². The molecule has 0 bridgehead atoms. The molecular weight excluding hydrogens is 352 g/mol. The average molecular weight is 376 g/mol. The number of benzene rings is 2. The van der Waals surface area contributed by atoms with Crippen LogP contribution < -0.4 is 0 Å². The Bertz CT molecular complexity index is 972. The molecule has 0 unspecified atom stereocenters. The molecule has 2 aromatic carbocycles. The SMILES string of the molecule is COC(=O)C1CCN([C@@H](C(=O)c2c[nH]c3ccccc23)c2ccccc2)CC1. The van der Waals surface area contributed by atoms with Gasteiger partial charge >= 0.3 is 5.97 Å². The molecule has 0 aliphatic carbocycles. The molecule has 0 radical (unpaired) electrons. The standard InChI is InChI=1S/C23H24N2O3/c1-28-23(27)17-11-13-25(14-12-17)21(16-7-3-2-4-8-16)22(26)19-15-24-20-10-6-5-9-18(19)20/h2-10,15,17,21,24H,11-14H2,1H3/t21-/m1/s1. The predicted molar refractivity (Wildman–Crippen MR) is 108 cm³/mol. The number of methoxy groups -OCH3 is 1. The maximum atomic E-state index is 13.6. The molecule has 0 saturated carbocycles. The Morgan fingerprint density at radius 1 is 1.04 bits per heavy atom. The first-order valence-electron chi connectivity index (χ1n) is 9.66. The molecule has 1 aliphatic rings. The minimum atomic E-state index is -0.362. The van der Waals surface area contributed by atoms with Gasteiger partial charge in [-0.3, -0.25) is 14.5 Å². The molecule has 5 heteroatoms. The van der Waals surface area contributed by atoms with E-state index in [2.05, 4.69) is 9.88 Å². The van der Waals surface area contributed by atoms with Gasteiger partial charge in [0.2, 0.25) is 0 Å². The van der Waals surface area contributed by atoms with Gasteiger partial charge in [0.15, 0.2) is 5.78 Å². The van der Waals surface area contributed by atoms with E-state index >= 15 is 0 Å². The summed E-state index contributed by atoms with van der Waals surface area (Å²) in [5, 5.41) is 0.942.